The van der Waals surface area contributed by atoms with E-state index in [0.29, 0.717) is 18.4 Å². The van der Waals surface area contributed by atoms with Crippen molar-refractivity contribution in [3.8, 4) is 5.75 Å². The van der Waals surface area contributed by atoms with Crippen LogP contribution >= 0.6 is 0 Å². The summed E-state index contributed by atoms with van der Waals surface area (Å²) < 4.78 is 5.35. The number of aromatic hydroxyl groups is 1. The lowest BCUT2D eigenvalue weighted by Gasteiger charge is -2.16. The van der Waals surface area contributed by atoms with E-state index in [1.54, 1.807) is 6.07 Å². The normalized spacial score (nSPS) is 16.8. The Labute approximate surface area is 154 Å². The summed E-state index contributed by atoms with van der Waals surface area (Å²) in [6, 6.07) is 3.24. The van der Waals surface area contributed by atoms with E-state index in [2.05, 4.69) is 6.92 Å². The van der Waals surface area contributed by atoms with Crippen LogP contribution in [0, 0.1) is 0 Å². The standard InChI is InChI=1S/C21H28O5/c1-4-5-6-7-15(22)17(24)12-18-19-14(9-8-13(2)3)10-11-16(23)20(19)21(25)26-18/h8,10-11,15,18,22-23H,4-7,9,12H2,1-3H3/t15-,18+/m0/s1. The van der Waals surface area contributed by atoms with E-state index in [9.17, 15) is 19.8 Å². The third-order valence-electron chi connectivity index (χ3n) is 4.66. The lowest BCUT2D eigenvalue weighted by molar-refractivity contribution is -0.129. The van der Waals surface area contributed by atoms with Crippen molar-refractivity contribution in [2.45, 2.75) is 71.5 Å². The first kappa shape index (κ1) is 20.2. The number of fused-ring (bicyclic) bond motifs is 1. The zero-order chi connectivity index (χ0) is 19.3. The molecule has 0 unspecified atom stereocenters. The summed E-state index contributed by atoms with van der Waals surface area (Å²) in [4.78, 5) is 24.5. The maximum Gasteiger partial charge on any atom is 0.342 e. The van der Waals surface area contributed by atoms with Crippen LogP contribution in [-0.4, -0.2) is 28.1 Å². The summed E-state index contributed by atoms with van der Waals surface area (Å²) in [6.07, 6.45) is 3.94. The molecule has 0 fully saturated rings. The predicted octanol–water partition coefficient (Wildman–Crippen LogP) is 4.01. The molecule has 5 nitrogen and oxygen atoms in total. The Bertz CT molecular complexity index is 701. The Morgan fingerprint density at radius 1 is 1.31 bits per heavy atom. The van der Waals surface area contributed by atoms with Gasteiger partial charge in [0, 0.05) is 5.56 Å². The first-order chi connectivity index (χ1) is 12.3. The van der Waals surface area contributed by atoms with Crippen LogP contribution in [0.1, 0.15) is 80.5 Å². The van der Waals surface area contributed by atoms with Crippen LogP contribution in [0.15, 0.2) is 23.8 Å². The number of benzene rings is 1. The zero-order valence-corrected chi connectivity index (χ0v) is 15.7. The van der Waals surface area contributed by atoms with Crippen LogP contribution in [0.2, 0.25) is 0 Å². The average molecular weight is 360 g/mol. The molecule has 0 radical (unpaired) electrons. The van der Waals surface area contributed by atoms with Crippen molar-refractivity contribution in [2.24, 2.45) is 0 Å². The Morgan fingerprint density at radius 2 is 2.04 bits per heavy atom. The lowest BCUT2D eigenvalue weighted by atomic mass is 9.91. The number of allylic oxidation sites excluding steroid dienone is 2. The second-order valence-electron chi connectivity index (χ2n) is 7.09. The molecule has 0 saturated heterocycles. The number of unbranched alkanes of at least 4 members (excludes halogenated alkanes) is 2. The van der Waals surface area contributed by atoms with Crippen molar-refractivity contribution in [1.82, 2.24) is 0 Å². The minimum Gasteiger partial charge on any atom is -0.507 e. The number of rotatable bonds is 9. The van der Waals surface area contributed by atoms with Crippen molar-refractivity contribution >= 4 is 11.8 Å². The number of cyclic esters (lactones) is 1. The summed E-state index contributed by atoms with van der Waals surface area (Å²) in [6.45, 7) is 6.02. The molecule has 0 aliphatic carbocycles. The molecular weight excluding hydrogens is 332 g/mol. The molecule has 26 heavy (non-hydrogen) atoms. The van der Waals surface area contributed by atoms with E-state index >= 15 is 0 Å². The maximum absolute atomic E-state index is 12.4. The number of carbonyl (C=O) groups excluding carboxylic acids is 2. The first-order valence-corrected chi connectivity index (χ1v) is 9.25. The number of aliphatic hydroxyl groups excluding tert-OH is 1. The van der Waals surface area contributed by atoms with Crippen molar-refractivity contribution in [3.05, 3.63) is 40.5 Å². The van der Waals surface area contributed by atoms with Gasteiger partial charge in [-0.15, -0.1) is 0 Å². The number of hydrogen-bond acceptors (Lipinski definition) is 5. The van der Waals surface area contributed by atoms with E-state index in [0.717, 1.165) is 30.4 Å². The highest BCUT2D eigenvalue weighted by molar-refractivity contribution is 5.98. The fourth-order valence-electron chi connectivity index (χ4n) is 3.18. The van der Waals surface area contributed by atoms with Crippen molar-refractivity contribution in [2.75, 3.05) is 0 Å². The molecule has 0 saturated carbocycles. The van der Waals surface area contributed by atoms with Crippen LogP contribution in [0.3, 0.4) is 0 Å². The van der Waals surface area contributed by atoms with E-state index in [1.165, 1.54) is 6.07 Å². The summed E-state index contributed by atoms with van der Waals surface area (Å²) in [7, 11) is 0. The van der Waals surface area contributed by atoms with Gasteiger partial charge in [0.2, 0.25) is 0 Å². The third-order valence-corrected chi connectivity index (χ3v) is 4.66. The van der Waals surface area contributed by atoms with Gasteiger partial charge in [0.25, 0.3) is 0 Å². The van der Waals surface area contributed by atoms with Crippen LogP contribution in [-0.2, 0) is 16.0 Å². The summed E-state index contributed by atoms with van der Waals surface area (Å²) in [5.74, 6) is -1.08. The third kappa shape index (κ3) is 4.73. The number of carbonyl (C=O) groups is 2. The number of aliphatic hydroxyl groups is 1. The number of phenols is 1. The number of ether oxygens (including phenoxy) is 1. The topological polar surface area (TPSA) is 83.8 Å². The second-order valence-corrected chi connectivity index (χ2v) is 7.09. The van der Waals surface area contributed by atoms with Crippen LogP contribution in [0.4, 0.5) is 0 Å². The fraction of sp³-hybridized carbons (Fsp3) is 0.524. The molecule has 1 aliphatic rings. The monoisotopic (exact) mass is 360 g/mol. The molecule has 1 aromatic carbocycles. The number of hydrogen-bond donors (Lipinski definition) is 2. The van der Waals surface area contributed by atoms with Gasteiger partial charge < -0.3 is 14.9 Å². The van der Waals surface area contributed by atoms with E-state index in [4.69, 9.17) is 4.74 Å². The van der Waals surface area contributed by atoms with Crippen molar-refractivity contribution in [1.29, 1.82) is 0 Å². The van der Waals surface area contributed by atoms with Gasteiger partial charge in [0.1, 0.15) is 23.5 Å². The molecule has 2 N–H and O–H groups in total. The van der Waals surface area contributed by atoms with Gasteiger partial charge in [-0.1, -0.05) is 43.9 Å². The van der Waals surface area contributed by atoms with Gasteiger partial charge in [-0.25, -0.2) is 4.79 Å². The van der Waals surface area contributed by atoms with E-state index in [1.807, 2.05) is 19.9 Å². The molecule has 1 aromatic rings. The minimum atomic E-state index is -1.04. The first-order valence-electron chi connectivity index (χ1n) is 9.25. The maximum atomic E-state index is 12.4. The average Bonchev–Trinajstić information content (AvgIpc) is 2.91. The molecule has 1 heterocycles. The Hall–Kier alpha value is -2.14. The van der Waals surface area contributed by atoms with E-state index < -0.39 is 18.2 Å². The van der Waals surface area contributed by atoms with Crippen LogP contribution in [0.5, 0.6) is 5.75 Å². The molecule has 0 bridgehead atoms. The number of Topliss-reactive ketones (excluding diaryl/α,β-unsaturated/α-hetero) is 1. The number of ketones is 1. The molecule has 142 valence electrons. The predicted molar refractivity (Wildman–Crippen MR) is 99.2 cm³/mol. The Kier molecular flexibility index (Phi) is 6.98. The van der Waals surface area contributed by atoms with Gasteiger partial charge in [0.05, 0.1) is 6.42 Å². The van der Waals surface area contributed by atoms with Crippen LogP contribution < -0.4 is 0 Å². The molecule has 2 rings (SSSR count). The molecule has 0 aromatic heterocycles. The lowest BCUT2D eigenvalue weighted by Crippen LogP contribution is -2.22. The molecule has 0 spiro atoms. The van der Waals surface area contributed by atoms with Gasteiger partial charge in [-0.05, 0) is 38.3 Å². The fourth-order valence-corrected chi connectivity index (χ4v) is 3.18. The van der Waals surface area contributed by atoms with Crippen molar-refractivity contribution in [3.63, 3.8) is 0 Å². The summed E-state index contributed by atoms with van der Waals surface area (Å²) >= 11 is 0. The Morgan fingerprint density at radius 3 is 2.69 bits per heavy atom. The van der Waals surface area contributed by atoms with Gasteiger partial charge in [-0.3, -0.25) is 4.79 Å². The van der Waals surface area contributed by atoms with E-state index in [-0.39, 0.29) is 23.5 Å². The second kappa shape index (κ2) is 8.99. The molecule has 1 aliphatic heterocycles. The minimum absolute atomic E-state index is 0.0721. The Balaban J connectivity index is 2.21. The van der Waals surface area contributed by atoms with Gasteiger partial charge in [0.15, 0.2) is 5.78 Å². The quantitative estimate of drug-likeness (QED) is 0.395. The zero-order valence-electron chi connectivity index (χ0n) is 15.7. The molecule has 2 atom stereocenters. The highest BCUT2D eigenvalue weighted by Crippen LogP contribution is 2.40. The van der Waals surface area contributed by atoms with Crippen LogP contribution in [0.25, 0.3) is 0 Å². The summed E-state index contributed by atoms with van der Waals surface area (Å²) in [5, 5.41) is 20.1. The number of esters is 1. The molecular formula is C21H28O5. The van der Waals surface area contributed by atoms with Gasteiger partial charge in [-0.2, -0.15) is 0 Å². The summed E-state index contributed by atoms with van der Waals surface area (Å²) in [5.41, 5.74) is 2.70. The highest BCUT2D eigenvalue weighted by atomic mass is 16.5. The number of phenolic OH excluding ortho intramolecular Hbond substituents is 1. The van der Waals surface area contributed by atoms with Gasteiger partial charge >= 0.3 is 5.97 Å². The SMILES string of the molecule is CCCCC[C@H](O)C(=O)C[C@H]1OC(=O)c2c(O)ccc(CC=C(C)C)c21. The molecule has 0 amide bonds. The largest absolute Gasteiger partial charge is 0.507 e. The highest BCUT2D eigenvalue weighted by Gasteiger charge is 2.37. The molecule has 5 heteroatoms. The smallest absolute Gasteiger partial charge is 0.342 e. The van der Waals surface area contributed by atoms with Crippen molar-refractivity contribution < 1.29 is 24.5 Å².